The van der Waals surface area contributed by atoms with E-state index in [1.54, 1.807) is 7.05 Å². The van der Waals surface area contributed by atoms with Crippen molar-refractivity contribution < 1.29 is 0 Å². The van der Waals surface area contributed by atoms with Gasteiger partial charge < -0.3 is 15.5 Å². The normalized spacial score (nSPS) is 15.5. The van der Waals surface area contributed by atoms with Gasteiger partial charge in [0.05, 0.1) is 0 Å². The number of guanidine groups is 1. The molecule has 1 aliphatic rings. The number of nitrogens with zero attached hydrogens (tertiary/aromatic N) is 3. The molecule has 1 fully saturated rings. The van der Waals surface area contributed by atoms with Gasteiger partial charge in [0.1, 0.15) is 0 Å². The van der Waals surface area contributed by atoms with Crippen LogP contribution >= 0.6 is 24.0 Å². The lowest BCUT2D eigenvalue weighted by Gasteiger charge is -2.36. The van der Waals surface area contributed by atoms with Gasteiger partial charge in [-0.05, 0) is 25.1 Å². The second-order valence-corrected chi connectivity index (χ2v) is 5.69. The highest BCUT2D eigenvalue weighted by Crippen LogP contribution is 2.15. The van der Waals surface area contributed by atoms with Crippen LogP contribution in [0.2, 0.25) is 0 Å². The number of para-hydroxylation sites is 1. The highest BCUT2D eigenvalue weighted by Gasteiger charge is 2.16. The minimum absolute atomic E-state index is 0. The Labute approximate surface area is 163 Å². The summed E-state index contributed by atoms with van der Waals surface area (Å²) in [4.78, 5) is 9.19. The number of hydrogen-bond donors (Lipinski definition) is 2. The molecule has 0 spiro atoms. The van der Waals surface area contributed by atoms with E-state index in [0.717, 1.165) is 58.2 Å². The van der Waals surface area contributed by atoms with Crippen LogP contribution in [-0.2, 0) is 0 Å². The van der Waals surface area contributed by atoms with E-state index in [-0.39, 0.29) is 24.0 Å². The van der Waals surface area contributed by atoms with Crippen molar-refractivity contribution in [2.75, 3.05) is 57.8 Å². The Bertz CT molecular complexity index is 483. The average Bonchev–Trinajstić information content (AvgIpc) is 2.62. The molecule has 0 bridgehead atoms. The fourth-order valence-corrected chi connectivity index (χ4v) is 2.77. The average molecular weight is 443 g/mol. The Morgan fingerprint density at radius 2 is 1.88 bits per heavy atom. The van der Waals surface area contributed by atoms with Crippen molar-refractivity contribution in [2.45, 2.75) is 6.42 Å². The molecular weight excluding hydrogens is 413 g/mol. The summed E-state index contributed by atoms with van der Waals surface area (Å²) in [7, 11) is 1.79. The first-order chi connectivity index (χ1) is 11.3. The predicted molar refractivity (Wildman–Crippen MR) is 115 cm³/mol. The number of nitrogens with one attached hydrogen (secondary N) is 2. The van der Waals surface area contributed by atoms with Crippen LogP contribution in [0.3, 0.4) is 0 Å². The Balaban J connectivity index is 0.00000288. The number of aliphatic imine (C=N–C) groups is 1. The molecular formula is C18H30IN5. The molecule has 1 aromatic rings. The van der Waals surface area contributed by atoms with Gasteiger partial charge in [0, 0.05) is 52.0 Å². The zero-order valence-electron chi connectivity index (χ0n) is 14.6. The summed E-state index contributed by atoms with van der Waals surface area (Å²) in [6, 6.07) is 10.7. The number of anilines is 1. The summed E-state index contributed by atoms with van der Waals surface area (Å²) in [5.41, 5.74) is 1.34. The first-order valence-electron chi connectivity index (χ1n) is 8.41. The Morgan fingerprint density at radius 3 is 2.50 bits per heavy atom. The standard InChI is InChI=1S/C18H29N5.HI/c1-3-10-20-18(19-2)21-11-7-12-22-13-15-23(16-14-22)17-8-5-4-6-9-17;/h3-6,8-9H,1,7,10-16H2,2H3,(H2,19,20,21);1H. The van der Waals surface area contributed by atoms with Gasteiger partial charge in [-0.1, -0.05) is 24.3 Å². The summed E-state index contributed by atoms with van der Waals surface area (Å²) in [6.07, 6.45) is 2.96. The van der Waals surface area contributed by atoms with Gasteiger partial charge in [-0.3, -0.25) is 9.89 Å². The van der Waals surface area contributed by atoms with Gasteiger partial charge in [-0.15, -0.1) is 30.6 Å². The van der Waals surface area contributed by atoms with Crippen LogP contribution in [0.15, 0.2) is 48.0 Å². The third kappa shape index (κ3) is 7.09. The maximum atomic E-state index is 4.18. The molecule has 134 valence electrons. The van der Waals surface area contributed by atoms with E-state index in [1.165, 1.54) is 5.69 Å². The van der Waals surface area contributed by atoms with E-state index in [4.69, 9.17) is 0 Å². The second kappa shape index (κ2) is 12.1. The van der Waals surface area contributed by atoms with Crippen LogP contribution in [0.4, 0.5) is 5.69 Å². The molecule has 24 heavy (non-hydrogen) atoms. The van der Waals surface area contributed by atoms with E-state index < -0.39 is 0 Å². The first-order valence-corrected chi connectivity index (χ1v) is 8.41. The van der Waals surface area contributed by atoms with Gasteiger partial charge in [-0.2, -0.15) is 0 Å². The predicted octanol–water partition coefficient (Wildman–Crippen LogP) is 2.17. The number of piperazine rings is 1. The zero-order valence-corrected chi connectivity index (χ0v) is 16.9. The largest absolute Gasteiger partial charge is 0.369 e. The van der Waals surface area contributed by atoms with Crippen molar-refractivity contribution in [2.24, 2.45) is 4.99 Å². The monoisotopic (exact) mass is 443 g/mol. The van der Waals surface area contributed by atoms with E-state index in [9.17, 15) is 0 Å². The molecule has 0 aliphatic carbocycles. The van der Waals surface area contributed by atoms with Crippen molar-refractivity contribution in [1.82, 2.24) is 15.5 Å². The first kappa shape index (κ1) is 20.8. The van der Waals surface area contributed by atoms with E-state index in [2.05, 4.69) is 62.3 Å². The second-order valence-electron chi connectivity index (χ2n) is 5.69. The summed E-state index contributed by atoms with van der Waals surface area (Å²) >= 11 is 0. The fourth-order valence-electron chi connectivity index (χ4n) is 2.77. The Hall–Kier alpha value is -1.28. The molecule has 1 saturated heterocycles. The van der Waals surface area contributed by atoms with Crippen LogP contribution in [-0.4, -0.2) is 63.7 Å². The van der Waals surface area contributed by atoms with Gasteiger partial charge in [-0.25, -0.2) is 0 Å². The molecule has 2 rings (SSSR count). The van der Waals surface area contributed by atoms with Crippen LogP contribution in [0, 0.1) is 0 Å². The molecule has 0 aromatic heterocycles. The van der Waals surface area contributed by atoms with Gasteiger partial charge in [0.25, 0.3) is 0 Å². The van der Waals surface area contributed by atoms with Crippen molar-refractivity contribution in [3.8, 4) is 0 Å². The summed E-state index contributed by atoms with van der Waals surface area (Å²) in [5.74, 6) is 0.846. The summed E-state index contributed by atoms with van der Waals surface area (Å²) in [6.45, 7) is 11.0. The Kier molecular flexibility index (Phi) is 10.5. The van der Waals surface area contributed by atoms with Gasteiger partial charge >= 0.3 is 0 Å². The van der Waals surface area contributed by atoms with Gasteiger partial charge in [0.2, 0.25) is 0 Å². The maximum absolute atomic E-state index is 4.18. The quantitative estimate of drug-likeness (QED) is 0.223. The summed E-state index contributed by atoms with van der Waals surface area (Å²) < 4.78 is 0. The van der Waals surface area contributed by atoms with Crippen LogP contribution < -0.4 is 15.5 Å². The molecule has 6 heteroatoms. The smallest absolute Gasteiger partial charge is 0.191 e. The maximum Gasteiger partial charge on any atom is 0.191 e. The minimum atomic E-state index is 0. The lowest BCUT2D eigenvalue weighted by atomic mass is 10.2. The number of hydrogen-bond acceptors (Lipinski definition) is 3. The molecule has 2 N–H and O–H groups in total. The van der Waals surface area contributed by atoms with Crippen molar-refractivity contribution >= 4 is 35.6 Å². The summed E-state index contributed by atoms with van der Waals surface area (Å²) in [5, 5.41) is 6.51. The number of rotatable bonds is 7. The number of halogens is 1. The van der Waals surface area contributed by atoms with Crippen molar-refractivity contribution in [3.63, 3.8) is 0 Å². The third-order valence-corrected chi connectivity index (χ3v) is 4.07. The molecule has 0 unspecified atom stereocenters. The van der Waals surface area contributed by atoms with E-state index in [1.807, 2.05) is 6.08 Å². The van der Waals surface area contributed by atoms with Crippen molar-refractivity contribution in [3.05, 3.63) is 43.0 Å². The molecule has 5 nitrogen and oxygen atoms in total. The molecule has 0 amide bonds. The fraction of sp³-hybridized carbons (Fsp3) is 0.500. The molecule has 1 heterocycles. The molecule has 0 atom stereocenters. The molecule has 0 radical (unpaired) electrons. The topological polar surface area (TPSA) is 42.9 Å². The lowest BCUT2D eigenvalue weighted by Crippen LogP contribution is -2.47. The molecule has 1 aromatic carbocycles. The number of benzene rings is 1. The van der Waals surface area contributed by atoms with Crippen molar-refractivity contribution in [1.29, 1.82) is 0 Å². The zero-order chi connectivity index (χ0) is 16.3. The molecule has 0 saturated carbocycles. The SMILES string of the molecule is C=CCNC(=NC)NCCCN1CCN(c2ccccc2)CC1.I. The van der Waals surface area contributed by atoms with Gasteiger partial charge in [0.15, 0.2) is 5.96 Å². The van der Waals surface area contributed by atoms with E-state index >= 15 is 0 Å². The van der Waals surface area contributed by atoms with Crippen LogP contribution in [0.1, 0.15) is 6.42 Å². The van der Waals surface area contributed by atoms with Crippen LogP contribution in [0.25, 0.3) is 0 Å². The van der Waals surface area contributed by atoms with Crippen LogP contribution in [0.5, 0.6) is 0 Å². The van der Waals surface area contributed by atoms with E-state index in [0.29, 0.717) is 0 Å². The minimum Gasteiger partial charge on any atom is -0.369 e. The third-order valence-electron chi connectivity index (χ3n) is 4.07. The lowest BCUT2D eigenvalue weighted by molar-refractivity contribution is 0.255. The highest BCUT2D eigenvalue weighted by molar-refractivity contribution is 14.0. The molecule has 1 aliphatic heterocycles. The Morgan fingerprint density at radius 1 is 1.17 bits per heavy atom. The highest BCUT2D eigenvalue weighted by atomic mass is 127.